The number of piperidine rings is 1. The van der Waals surface area contributed by atoms with Crippen LogP contribution >= 0.6 is 11.6 Å². The van der Waals surface area contributed by atoms with E-state index >= 15 is 0 Å². The largest absolute Gasteiger partial charge is 0.480 e. The molecular weight excluding hydrogens is 408 g/mol. The van der Waals surface area contributed by atoms with E-state index in [1.807, 2.05) is 0 Å². The van der Waals surface area contributed by atoms with Gasteiger partial charge in [-0.3, -0.25) is 14.6 Å². The Kier molecular flexibility index (Phi) is 6.03. The van der Waals surface area contributed by atoms with E-state index in [1.165, 1.54) is 19.5 Å². The maximum Gasteiger partial charge on any atom is 0.235 e. The molecule has 0 aliphatic carbocycles. The highest BCUT2D eigenvalue weighted by molar-refractivity contribution is 6.30. The fourth-order valence-corrected chi connectivity index (χ4v) is 4.02. The molecule has 2 unspecified atom stereocenters. The molecule has 2 fully saturated rings. The summed E-state index contributed by atoms with van der Waals surface area (Å²) in [6, 6.07) is 7.08. The van der Waals surface area contributed by atoms with Gasteiger partial charge in [-0.05, 0) is 37.1 Å². The average Bonchev–Trinajstić information content (AvgIpc) is 3.15. The van der Waals surface area contributed by atoms with Crippen molar-refractivity contribution in [3.63, 3.8) is 0 Å². The molecule has 30 heavy (non-hydrogen) atoms. The van der Waals surface area contributed by atoms with Gasteiger partial charge in [-0.2, -0.15) is 4.98 Å². The quantitative estimate of drug-likeness (QED) is 0.724. The molecule has 9 heteroatoms. The monoisotopic (exact) mass is 430 g/mol. The molecular formula is C21H23ClN4O4. The first-order chi connectivity index (χ1) is 14.5. The summed E-state index contributed by atoms with van der Waals surface area (Å²) in [4.78, 5) is 37.3. The van der Waals surface area contributed by atoms with Crippen molar-refractivity contribution in [3.05, 3.63) is 41.7 Å². The minimum absolute atomic E-state index is 0.00941. The molecule has 0 radical (unpaired) electrons. The fraction of sp³-hybridized carbons (Fsp3) is 0.429. The third-order valence-electron chi connectivity index (χ3n) is 5.39. The molecule has 3 heterocycles. The van der Waals surface area contributed by atoms with Gasteiger partial charge in [0.2, 0.25) is 23.6 Å². The molecule has 2 aromatic rings. The van der Waals surface area contributed by atoms with Crippen LogP contribution in [0.15, 0.2) is 36.7 Å². The third kappa shape index (κ3) is 4.48. The van der Waals surface area contributed by atoms with Gasteiger partial charge in [0, 0.05) is 30.2 Å². The van der Waals surface area contributed by atoms with Crippen LogP contribution in [0.2, 0.25) is 5.02 Å². The van der Waals surface area contributed by atoms with Crippen molar-refractivity contribution in [2.75, 3.05) is 31.6 Å². The van der Waals surface area contributed by atoms with Gasteiger partial charge in [0.15, 0.2) is 0 Å². The van der Waals surface area contributed by atoms with Gasteiger partial charge in [-0.15, -0.1) is 0 Å². The molecule has 2 aliphatic heterocycles. The molecule has 8 nitrogen and oxygen atoms in total. The van der Waals surface area contributed by atoms with Gasteiger partial charge in [0.05, 0.1) is 32.0 Å². The van der Waals surface area contributed by atoms with E-state index < -0.39 is 0 Å². The maximum absolute atomic E-state index is 13.1. The van der Waals surface area contributed by atoms with Gasteiger partial charge in [-0.25, -0.2) is 0 Å². The predicted octanol–water partition coefficient (Wildman–Crippen LogP) is 2.56. The predicted molar refractivity (Wildman–Crippen MR) is 111 cm³/mol. The first-order valence-corrected chi connectivity index (χ1v) is 10.3. The van der Waals surface area contributed by atoms with Crippen molar-refractivity contribution >= 4 is 29.1 Å². The van der Waals surface area contributed by atoms with Crippen LogP contribution in [0.5, 0.6) is 11.8 Å². The number of rotatable bonds is 5. The van der Waals surface area contributed by atoms with Crippen molar-refractivity contribution in [1.82, 2.24) is 14.9 Å². The lowest BCUT2D eigenvalue weighted by atomic mass is 10.0. The summed E-state index contributed by atoms with van der Waals surface area (Å²) in [5.74, 6) is 0.335. The molecule has 2 aliphatic rings. The first-order valence-electron chi connectivity index (χ1n) is 9.91. The molecule has 1 aromatic carbocycles. The van der Waals surface area contributed by atoms with E-state index in [9.17, 15) is 9.59 Å². The Morgan fingerprint density at radius 1 is 1.17 bits per heavy atom. The van der Waals surface area contributed by atoms with Crippen molar-refractivity contribution in [2.45, 2.75) is 25.4 Å². The smallest absolute Gasteiger partial charge is 0.235 e. The molecule has 0 N–H and O–H groups in total. The molecule has 0 saturated carbocycles. The molecule has 0 spiro atoms. The molecule has 158 valence electrons. The summed E-state index contributed by atoms with van der Waals surface area (Å²) < 4.78 is 11.0. The minimum atomic E-state index is -0.358. The zero-order valence-corrected chi connectivity index (χ0v) is 17.4. The van der Waals surface area contributed by atoms with Gasteiger partial charge >= 0.3 is 0 Å². The highest BCUT2D eigenvalue weighted by atomic mass is 35.5. The Hall–Kier alpha value is -2.87. The summed E-state index contributed by atoms with van der Waals surface area (Å²) in [7, 11) is 1.52. The standard InChI is InChI=1S/C21H23ClN4O4/c1-29-18-10-23-11-19(24-18)30-17-3-2-8-25(13-17)21(28)14-9-20(27)26(12-14)16-6-4-15(22)5-7-16/h4-7,10-11,14,17H,2-3,8-9,12-13H2,1H3. The van der Waals surface area contributed by atoms with E-state index in [0.29, 0.717) is 36.4 Å². The third-order valence-corrected chi connectivity index (χ3v) is 5.64. The number of aromatic nitrogens is 2. The van der Waals surface area contributed by atoms with Crippen molar-refractivity contribution in [2.24, 2.45) is 5.92 Å². The van der Waals surface area contributed by atoms with E-state index in [-0.39, 0.29) is 30.3 Å². The summed E-state index contributed by atoms with van der Waals surface area (Å²) in [5, 5.41) is 0.609. The van der Waals surface area contributed by atoms with Crippen LogP contribution in [0.3, 0.4) is 0 Å². The number of amides is 2. The first kappa shape index (κ1) is 20.4. The normalized spacial score (nSPS) is 21.6. The SMILES string of the molecule is COc1cncc(OC2CCCN(C(=O)C3CC(=O)N(c4ccc(Cl)cc4)C3)C2)n1. The van der Waals surface area contributed by atoms with E-state index in [2.05, 4.69) is 9.97 Å². The highest BCUT2D eigenvalue weighted by Gasteiger charge is 2.38. The van der Waals surface area contributed by atoms with Gasteiger partial charge in [0.1, 0.15) is 6.10 Å². The number of benzene rings is 1. The molecule has 0 bridgehead atoms. The van der Waals surface area contributed by atoms with Gasteiger partial charge < -0.3 is 19.3 Å². The lowest BCUT2D eigenvalue weighted by Gasteiger charge is -2.34. The summed E-state index contributed by atoms with van der Waals surface area (Å²) in [5.41, 5.74) is 0.760. The minimum Gasteiger partial charge on any atom is -0.480 e. The number of anilines is 1. The van der Waals surface area contributed by atoms with Crippen LogP contribution in [0, 0.1) is 5.92 Å². The van der Waals surface area contributed by atoms with Crippen LogP contribution in [0.4, 0.5) is 5.69 Å². The van der Waals surface area contributed by atoms with E-state index in [0.717, 1.165) is 18.5 Å². The van der Waals surface area contributed by atoms with Crippen LogP contribution in [0.1, 0.15) is 19.3 Å². The highest BCUT2D eigenvalue weighted by Crippen LogP contribution is 2.28. The number of hydrogen-bond acceptors (Lipinski definition) is 6. The van der Waals surface area contributed by atoms with E-state index in [4.69, 9.17) is 21.1 Å². The Morgan fingerprint density at radius 3 is 2.70 bits per heavy atom. The molecule has 2 atom stereocenters. The maximum atomic E-state index is 13.1. The summed E-state index contributed by atoms with van der Waals surface area (Å²) in [6.07, 6.45) is 4.73. The molecule has 4 rings (SSSR count). The lowest BCUT2D eigenvalue weighted by Crippen LogP contribution is -2.47. The second kappa shape index (κ2) is 8.87. The Morgan fingerprint density at radius 2 is 1.93 bits per heavy atom. The number of carbonyl (C=O) groups is 2. The molecule has 2 amide bonds. The Labute approximate surface area is 179 Å². The number of halogens is 1. The summed E-state index contributed by atoms with van der Waals surface area (Å²) in [6.45, 7) is 1.50. The van der Waals surface area contributed by atoms with Crippen LogP contribution in [-0.2, 0) is 9.59 Å². The van der Waals surface area contributed by atoms with Crippen molar-refractivity contribution in [3.8, 4) is 11.8 Å². The molecule has 2 saturated heterocycles. The van der Waals surface area contributed by atoms with Crippen LogP contribution in [-0.4, -0.2) is 59.5 Å². The zero-order valence-electron chi connectivity index (χ0n) is 16.7. The number of nitrogens with zero attached hydrogens (tertiary/aromatic N) is 4. The van der Waals surface area contributed by atoms with Gasteiger partial charge in [0.25, 0.3) is 0 Å². The second-order valence-corrected chi connectivity index (χ2v) is 7.88. The number of likely N-dealkylation sites (tertiary alicyclic amines) is 1. The van der Waals surface area contributed by atoms with Crippen molar-refractivity contribution in [1.29, 1.82) is 0 Å². The number of hydrogen-bond donors (Lipinski definition) is 0. The second-order valence-electron chi connectivity index (χ2n) is 7.45. The lowest BCUT2D eigenvalue weighted by molar-refractivity contribution is -0.138. The number of carbonyl (C=O) groups excluding carboxylic acids is 2. The summed E-state index contributed by atoms with van der Waals surface area (Å²) >= 11 is 5.93. The average molecular weight is 431 g/mol. The van der Waals surface area contributed by atoms with Crippen molar-refractivity contribution < 1.29 is 19.1 Å². The van der Waals surface area contributed by atoms with Gasteiger partial charge in [-0.1, -0.05) is 11.6 Å². The number of methoxy groups -OCH3 is 1. The van der Waals surface area contributed by atoms with E-state index in [1.54, 1.807) is 34.1 Å². The molecule has 1 aromatic heterocycles. The Balaban J connectivity index is 1.38. The Bertz CT molecular complexity index is 923. The van der Waals surface area contributed by atoms with Crippen LogP contribution < -0.4 is 14.4 Å². The number of ether oxygens (including phenoxy) is 2. The topological polar surface area (TPSA) is 84.9 Å². The zero-order chi connectivity index (χ0) is 21.1. The van der Waals surface area contributed by atoms with Crippen LogP contribution in [0.25, 0.3) is 0 Å². The fourth-order valence-electron chi connectivity index (χ4n) is 3.89.